The van der Waals surface area contributed by atoms with Gasteiger partial charge >= 0.3 is 0 Å². The molecule has 0 spiro atoms. The van der Waals surface area contributed by atoms with Gasteiger partial charge in [0.25, 0.3) is 0 Å². The predicted octanol–water partition coefficient (Wildman–Crippen LogP) is 2.48. The average Bonchev–Trinajstić information content (AvgIpc) is 2.69. The Labute approximate surface area is 97.6 Å². The van der Waals surface area contributed by atoms with Crippen molar-refractivity contribution in [2.45, 2.75) is 6.92 Å². The fraction of sp³-hybridized carbons (Fsp3) is 0.0833. The molecule has 1 N–H and O–H groups in total. The molecule has 0 radical (unpaired) electrons. The first-order valence-electron chi connectivity index (χ1n) is 4.87. The maximum atomic E-state index is 8.57. The SMILES string of the molecule is Cc1nc2ccc(NC=C(C#N)C#N)cc2o1. The number of nitriles is 2. The molecule has 0 bridgehead atoms. The van der Waals surface area contributed by atoms with Crippen molar-refractivity contribution < 1.29 is 4.42 Å². The zero-order valence-electron chi connectivity index (χ0n) is 9.06. The lowest BCUT2D eigenvalue weighted by Crippen LogP contribution is -1.89. The van der Waals surface area contributed by atoms with Gasteiger partial charge < -0.3 is 9.73 Å². The molecule has 2 aromatic rings. The van der Waals surface area contributed by atoms with Gasteiger partial charge in [0.2, 0.25) is 0 Å². The lowest BCUT2D eigenvalue weighted by molar-refractivity contribution is 0.561. The second-order valence-corrected chi connectivity index (χ2v) is 3.34. The number of nitrogens with one attached hydrogen (secondary N) is 1. The Morgan fingerprint density at radius 1 is 1.41 bits per heavy atom. The number of aryl methyl sites for hydroxylation is 1. The molecular formula is C12H8N4O. The molecule has 2 rings (SSSR count). The predicted molar refractivity (Wildman–Crippen MR) is 61.7 cm³/mol. The quantitative estimate of drug-likeness (QED) is 0.792. The summed E-state index contributed by atoms with van der Waals surface area (Å²) in [5, 5.41) is 20.0. The number of anilines is 1. The molecule has 0 aliphatic rings. The minimum absolute atomic E-state index is 0.0128. The summed E-state index contributed by atoms with van der Waals surface area (Å²) < 4.78 is 5.37. The number of oxazole rings is 1. The fourth-order valence-corrected chi connectivity index (χ4v) is 1.37. The second-order valence-electron chi connectivity index (χ2n) is 3.34. The first kappa shape index (κ1) is 10.7. The summed E-state index contributed by atoms with van der Waals surface area (Å²) in [6.07, 6.45) is 1.35. The normalized spacial score (nSPS) is 9.35. The number of aromatic nitrogens is 1. The van der Waals surface area contributed by atoms with Crippen LogP contribution in [-0.2, 0) is 0 Å². The van der Waals surface area contributed by atoms with Crippen molar-refractivity contribution in [1.29, 1.82) is 10.5 Å². The molecule has 0 atom stereocenters. The maximum Gasteiger partial charge on any atom is 0.192 e. The number of hydrogen-bond donors (Lipinski definition) is 1. The van der Waals surface area contributed by atoms with Gasteiger partial charge in [-0.15, -0.1) is 0 Å². The van der Waals surface area contributed by atoms with Crippen LogP contribution in [0.1, 0.15) is 5.89 Å². The molecule has 82 valence electrons. The summed E-state index contributed by atoms with van der Waals surface area (Å²) in [5.74, 6) is 0.599. The number of hydrogen-bond acceptors (Lipinski definition) is 5. The summed E-state index contributed by atoms with van der Waals surface area (Å²) in [5.41, 5.74) is 2.18. The van der Waals surface area contributed by atoms with Crippen LogP contribution >= 0.6 is 0 Å². The van der Waals surface area contributed by atoms with Crippen LogP contribution in [0.3, 0.4) is 0 Å². The Hall–Kier alpha value is -2.79. The van der Waals surface area contributed by atoms with Gasteiger partial charge in [-0.1, -0.05) is 0 Å². The largest absolute Gasteiger partial charge is 0.441 e. The Bertz CT molecular complexity index is 654. The van der Waals surface area contributed by atoms with E-state index in [1.165, 1.54) is 6.20 Å². The number of rotatable bonds is 2. The maximum absolute atomic E-state index is 8.57. The van der Waals surface area contributed by atoms with Crippen LogP contribution < -0.4 is 5.32 Å². The number of benzene rings is 1. The smallest absolute Gasteiger partial charge is 0.192 e. The van der Waals surface area contributed by atoms with E-state index in [-0.39, 0.29) is 5.57 Å². The van der Waals surface area contributed by atoms with E-state index in [1.807, 2.05) is 0 Å². The molecule has 0 saturated heterocycles. The highest BCUT2D eigenvalue weighted by Gasteiger charge is 2.02. The zero-order chi connectivity index (χ0) is 12.3. The molecule has 1 heterocycles. The number of fused-ring (bicyclic) bond motifs is 1. The lowest BCUT2D eigenvalue weighted by Gasteiger charge is -1.98. The highest BCUT2D eigenvalue weighted by molar-refractivity contribution is 5.77. The van der Waals surface area contributed by atoms with Crippen LogP contribution in [0.5, 0.6) is 0 Å². The van der Waals surface area contributed by atoms with Crippen molar-refractivity contribution in [1.82, 2.24) is 4.98 Å². The first-order valence-corrected chi connectivity index (χ1v) is 4.87. The highest BCUT2D eigenvalue weighted by atomic mass is 16.3. The second kappa shape index (κ2) is 4.38. The molecule has 5 heteroatoms. The topological polar surface area (TPSA) is 85.6 Å². The van der Waals surface area contributed by atoms with Gasteiger partial charge in [-0.05, 0) is 12.1 Å². The van der Waals surface area contributed by atoms with Crippen molar-refractivity contribution in [2.24, 2.45) is 0 Å². The molecule has 0 aliphatic carbocycles. The van der Waals surface area contributed by atoms with Gasteiger partial charge in [-0.2, -0.15) is 10.5 Å². The highest BCUT2D eigenvalue weighted by Crippen LogP contribution is 2.19. The summed E-state index contributed by atoms with van der Waals surface area (Å²) in [6, 6.07) is 8.90. The third-order valence-corrected chi connectivity index (χ3v) is 2.12. The first-order chi connectivity index (χ1) is 8.22. The molecule has 0 amide bonds. The standard InChI is InChI=1S/C12H8N4O/c1-8-16-11-3-2-10(4-12(11)17-8)15-7-9(5-13)6-14/h2-4,7,15H,1H3. The Kier molecular flexibility index (Phi) is 2.76. The molecule has 0 fully saturated rings. The van der Waals surface area contributed by atoms with Crippen LogP contribution in [-0.4, -0.2) is 4.98 Å². The van der Waals surface area contributed by atoms with Gasteiger partial charge in [0.05, 0.1) is 0 Å². The van der Waals surface area contributed by atoms with E-state index >= 15 is 0 Å². The Morgan fingerprint density at radius 2 is 2.18 bits per heavy atom. The molecule has 0 aliphatic heterocycles. The van der Waals surface area contributed by atoms with Gasteiger partial charge in [0, 0.05) is 24.9 Å². The fourth-order valence-electron chi connectivity index (χ4n) is 1.37. The van der Waals surface area contributed by atoms with Crippen molar-refractivity contribution in [2.75, 3.05) is 5.32 Å². The molecular weight excluding hydrogens is 216 g/mol. The summed E-state index contributed by atoms with van der Waals surface area (Å²) in [7, 11) is 0. The van der Waals surface area contributed by atoms with Crippen LogP contribution in [0.25, 0.3) is 11.1 Å². The van der Waals surface area contributed by atoms with E-state index in [4.69, 9.17) is 14.9 Å². The van der Waals surface area contributed by atoms with Crippen molar-refractivity contribution in [3.05, 3.63) is 35.9 Å². The average molecular weight is 224 g/mol. The van der Waals surface area contributed by atoms with E-state index in [0.717, 1.165) is 11.2 Å². The number of allylic oxidation sites excluding steroid dienone is 1. The molecule has 0 saturated carbocycles. The van der Waals surface area contributed by atoms with Gasteiger partial charge in [0.1, 0.15) is 23.2 Å². The summed E-state index contributed by atoms with van der Waals surface area (Å²) in [4.78, 5) is 4.17. The van der Waals surface area contributed by atoms with Crippen LogP contribution in [0, 0.1) is 29.6 Å². The van der Waals surface area contributed by atoms with Crippen molar-refractivity contribution in [3.8, 4) is 12.1 Å². The van der Waals surface area contributed by atoms with E-state index in [0.29, 0.717) is 11.5 Å². The van der Waals surface area contributed by atoms with Crippen LogP contribution in [0.4, 0.5) is 5.69 Å². The third-order valence-electron chi connectivity index (χ3n) is 2.12. The molecule has 17 heavy (non-hydrogen) atoms. The summed E-state index contributed by atoms with van der Waals surface area (Å²) >= 11 is 0. The minimum Gasteiger partial charge on any atom is -0.441 e. The van der Waals surface area contributed by atoms with E-state index in [1.54, 1.807) is 37.3 Å². The van der Waals surface area contributed by atoms with Gasteiger partial charge in [0.15, 0.2) is 11.5 Å². The molecule has 1 aromatic heterocycles. The zero-order valence-corrected chi connectivity index (χ0v) is 9.06. The Balaban J connectivity index is 2.29. The minimum atomic E-state index is 0.0128. The van der Waals surface area contributed by atoms with E-state index < -0.39 is 0 Å². The van der Waals surface area contributed by atoms with Gasteiger partial charge in [-0.25, -0.2) is 4.98 Å². The van der Waals surface area contributed by atoms with E-state index in [2.05, 4.69) is 10.3 Å². The Morgan fingerprint density at radius 3 is 2.88 bits per heavy atom. The molecule has 1 aromatic carbocycles. The van der Waals surface area contributed by atoms with E-state index in [9.17, 15) is 0 Å². The van der Waals surface area contributed by atoms with Crippen molar-refractivity contribution in [3.63, 3.8) is 0 Å². The van der Waals surface area contributed by atoms with Crippen molar-refractivity contribution >= 4 is 16.8 Å². The third kappa shape index (κ3) is 2.24. The van der Waals surface area contributed by atoms with Gasteiger partial charge in [-0.3, -0.25) is 0 Å². The molecule has 5 nitrogen and oxygen atoms in total. The van der Waals surface area contributed by atoms with Crippen LogP contribution in [0.15, 0.2) is 34.4 Å². The lowest BCUT2D eigenvalue weighted by atomic mass is 10.3. The number of nitrogens with zero attached hydrogens (tertiary/aromatic N) is 3. The summed E-state index contributed by atoms with van der Waals surface area (Å²) in [6.45, 7) is 1.77. The molecule has 0 unspecified atom stereocenters. The van der Waals surface area contributed by atoms with Crippen LogP contribution in [0.2, 0.25) is 0 Å². The monoisotopic (exact) mass is 224 g/mol.